The van der Waals surface area contributed by atoms with E-state index in [1.165, 1.54) is 5.56 Å². The zero-order chi connectivity index (χ0) is 21.2. The summed E-state index contributed by atoms with van der Waals surface area (Å²) in [5.41, 5.74) is 11.0. The van der Waals surface area contributed by atoms with E-state index in [1.807, 2.05) is 41.3 Å². The predicted molar refractivity (Wildman–Crippen MR) is 116 cm³/mol. The van der Waals surface area contributed by atoms with Gasteiger partial charge in [0, 0.05) is 43.4 Å². The maximum absolute atomic E-state index is 13.1. The molecular weight excluding hydrogens is 420 g/mol. The molecule has 2 unspecified atom stereocenters. The Hall–Kier alpha value is -2.56. The molecular formula is C21H25ClN6O3. The number of hydrogen-bond acceptors (Lipinski definition) is 8. The van der Waals surface area contributed by atoms with Gasteiger partial charge < -0.3 is 19.7 Å². The zero-order valence-electron chi connectivity index (χ0n) is 16.9. The third-order valence-electron chi connectivity index (χ3n) is 5.73. The maximum atomic E-state index is 13.1. The van der Waals surface area contributed by atoms with Crippen LogP contribution >= 0.6 is 11.6 Å². The average molecular weight is 445 g/mol. The van der Waals surface area contributed by atoms with E-state index < -0.39 is 6.04 Å². The van der Waals surface area contributed by atoms with Crippen LogP contribution in [0.1, 0.15) is 5.56 Å². The first-order valence-electron chi connectivity index (χ1n) is 10.3. The van der Waals surface area contributed by atoms with Crippen molar-refractivity contribution >= 4 is 23.2 Å². The van der Waals surface area contributed by atoms with E-state index in [4.69, 9.17) is 21.1 Å². The van der Waals surface area contributed by atoms with Crippen LogP contribution in [0, 0.1) is 0 Å². The number of rotatable bonds is 5. The Morgan fingerprint density at radius 1 is 1.06 bits per heavy atom. The van der Waals surface area contributed by atoms with Crippen molar-refractivity contribution in [2.45, 2.75) is 18.8 Å². The van der Waals surface area contributed by atoms with Gasteiger partial charge in [-0.25, -0.2) is 10.9 Å². The summed E-state index contributed by atoms with van der Waals surface area (Å²) in [4.78, 5) is 17.4. The van der Waals surface area contributed by atoms with Gasteiger partial charge >= 0.3 is 0 Å². The Kier molecular flexibility index (Phi) is 5.84. The number of carbonyl (C=O) groups excluding carboxylic acids is 1. The van der Waals surface area contributed by atoms with Gasteiger partial charge in [-0.3, -0.25) is 9.69 Å². The summed E-state index contributed by atoms with van der Waals surface area (Å²) >= 11 is 6.07. The summed E-state index contributed by atoms with van der Waals surface area (Å²) in [5.74, 6) is 1.66. The molecule has 2 aromatic rings. The van der Waals surface area contributed by atoms with E-state index in [1.54, 1.807) is 0 Å². The van der Waals surface area contributed by atoms with Crippen LogP contribution in [-0.2, 0) is 11.3 Å². The lowest BCUT2D eigenvalue weighted by atomic mass is 10.1. The fourth-order valence-electron chi connectivity index (χ4n) is 4.07. The van der Waals surface area contributed by atoms with Crippen LogP contribution in [-0.4, -0.2) is 60.9 Å². The monoisotopic (exact) mass is 444 g/mol. The second kappa shape index (κ2) is 8.89. The molecule has 0 spiro atoms. The number of anilines is 1. The standard InChI is InChI=1S/C21H25ClN6O3/c22-15-2-1-3-16(11-15)23-20-19(24-26-25-20)21(29)28-8-6-27(7-9-28)12-14-4-5-17-18(10-14)31-13-30-17/h1-5,10-11,19-20,23-26H,6-9,12-13H2. The molecule has 2 aromatic carbocycles. The van der Waals surface area contributed by atoms with E-state index in [0.29, 0.717) is 18.1 Å². The molecule has 5 rings (SSSR count). The molecule has 9 nitrogen and oxygen atoms in total. The highest BCUT2D eigenvalue weighted by Crippen LogP contribution is 2.32. The number of fused-ring (bicyclic) bond motifs is 1. The maximum Gasteiger partial charge on any atom is 0.244 e. The molecule has 3 aliphatic heterocycles. The van der Waals surface area contributed by atoms with E-state index in [9.17, 15) is 4.79 Å². The van der Waals surface area contributed by atoms with Crippen molar-refractivity contribution in [2.75, 3.05) is 38.3 Å². The van der Waals surface area contributed by atoms with Crippen molar-refractivity contribution in [3.05, 3.63) is 53.1 Å². The number of benzene rings is 2. The largest absolute Gasteiger partial charge is 0.454 e. The highest BCUT2D eigenvalue weighted by Gasteiger charge is 2.36. The lowest BCUT2D eigenvalue weighted by Crippen LogP contribution is -2.56. The summed E-state index contributed by atoms with van der Waals surface area (Å²) in [6, 6.07) is 13.1. The second-order valence-electron chi connectivity index (χ2n) is 7.81. The molecule has 2 saturated heterocycles. The van der Waals surface area contributed by atoms with E-state index >= 15 is 0 Å². The number of hydrogen-bond donors (Lipinski definition) is 4. The van der Waals surface area contributed by atoms with Gasteiger partial charge in [0.2, 0.25) is 12.7 Å². The minimum absolute atomic E-state index is 0.0553. The average Bonchev–Trinajstić information content (AvgIpc) is 3.43. The lowest BCUT2D eigenvalue weighted by molar-refractivity contribution is -0.135. The Morgan fingerprint density at radius 2 is 1.90 bits per heavy atom. The Balaban J connectivity index is 1.15. The Bertz CT molecular complexity index is 952. The van der Waals surface area contributed by atoms with E-state index in [0.717, 1.165) is 36.8 Å². The predicted octanol–water partition coefficient (Wildman–Crippen LogP) is 1.13. The zero-order valence-corrected chi connectivity index (χ0v) is 17.7. The molecule has 4 N–H and O–H groups in total. The molecule has 164 valence electrons. The van der Waals surface area contributed by atoms with Crippen molar-refractivity contribution in [3.8, 4) is 11.5 Å². The normalized spacial score (nSPS) is 23.2. The number of halogens is 1. The number of nitrogens with one attached hydrogen (secondary N) is 4. The highest BCUT2D eigenvalue weighted by atomic mass is 35.5. The van der Waals surface area contributed by atoms with Crippen molar-refractivity contribution < 1.29 is 14.3 Å². The van der Waals surface area contributed by atoms with Gasteiger partial charge in [0.05, 0.1) is 0 Å². The number of piperazine rings is 1. The first-order valence-corrected chi connectivity index (χ1v) is 10.7. The molecule has 3 aliphatic rings. The van der Waals surface area contributed by atoms with Gasteiger partial charge in [-0.15, -0.1) is 0 Å². The minimum atomic E-state index is -0.431. The summed E-state index contributed by atoms with van der Waals surface area (Å²) in [7, 11) is 0. The van der Waals surface area contributed by atoms with Gasteiger partial charge in [-0.05, 0) is 35.9 Å². The molecule has 0 saturated carbocycles. The summed E-state index contributed by atoms with van der Waals surface area (Å²) in [6.07, 6.45) is -0.294. The highest BCUT2D eigenvalue weighted by molar-refractivity contribution is 6.30. The fraction of sp³-hybridized carbons (Fsp3) is 0.381. The third-order valence-corrected chi connectivity index (χ3v) is 5.96. The molecule has 3 heterocycles. The number of carbonyl (C=O) groups is 1. The quantitative estimate of drug-likeness (QED) is 0.546. The van der Waals surface area contributed by atoms with E-state index in [-0.39, 0.29) is 18.9 Å². The lowest BCUT2D eigenvalue weighted by Gasteiger charge is -2.36. The van der Waals surface area contributed by atoms with Gasteiger partial charge in [0.25, 0.3) is 0 Å². The Morgan fingerprint density at radius 3 is 2.74 bits per heavy atom. The molecule has 0 bridgehead atoms. The fourth-order valence-corrected chi connectivity index (χ4v) is 4.26. The summed E-state index contributed by atoms with van der Waals surface area (Å²) < 4.78 is 10.8. The van der Waals surface area contributed by atoms with Crippen LogP contribution in [0.3, 0.4) is 0 Å². The molecule has 0 aromatic heterocycles. The van der Waals surface area contributed by atoms with Crippen LogP contribution < -0.4 is 31.2 Å². The van der Waals surface area contributed by atoms with Gasteiger partial charge in [0.15, 0.2) is 11.5 Å². The smallest absolute Gasteiger partial charge is 0.244 e. The SMILES string of the molecule is O=C(C1NNNC1Nc1cccc(Cl)c1)N1CCN(Cc2ccc3c(c2)OCO3)CC1. The van der Waals surface area contributed by atoms with Crippen molar-refractivity contribution in [1.82, 2.24) is 26.2 Å². The molecule has 0 radical (unpaired) electrons. The topological polar surface area (TPSA) is 90.1 Å². The van der Waals surface area contributed by atoms with Crippen LogP contribution in [0.5, 0.6) is 11.5 Å². The molecule has 2 fully saturated rings. The molecule has 1 amide bonds. The molecule has 31 heavy (non-hydrogen) atoms. The number of hydrazine groups is 2. The second-order valence-corrected chi connectivity index (χ2v) is 8.25. The first kappa shape index (κ1) is 20.3. The molecule has 0 aliphatic carbocycles. The first-order chi connectivity index (χ1) is 15.2. The van der Waals surface area contributed by atoms with Crippen molar-refractivity contribution in [3.63, 3.8) is 0 Å². The van der Waals surface area contributed by atoms with Crippen molar-refractivity contribution in [2.24, 2.45) is 0 Å². The van der Waals surface area contributed by atoms with Crippen LogP contribution in [0.25, 0.3) is 0 Å². The molecule has 10 heteroatoms. The van der Waals surface area contributed by atoms with Gasteiger partial charge in [-0.1, -0.05) is 23.7 Å². The number of ether oxygens (including phenoxy) is 2. The van der Waals surface area contributed by atoms with Crippen LogP contribution in [0.15, 0.2) is 42.5 Å². The van der Waals surface area contributed by atoms with Gasteiger partial charge in [-0.2, -0.15) is 5.53 Å². The van der Waals surface area contributed by atoms with Gasteiger partial charge in [0.1, 0.15) is 12.2 Å². The molecule has 2 atom stereocenters. The minimum Gasteiger partial charge on any atom is -0.454 e. The summed E-state index contributed by atoms with van der Waals surface area (Å²) in [5, 5.41) is 3.96. The number of amides is 1. The number of nitrogens with zero attached hydrogens (tertiary/aromatic N) is 2. The van der Waals surface area contributed by atoms with E-state index in [2.05, 4.69) is 32.7 Å². The van der Waals surface area contributed by atoms with Crippen molar-refractivity contribution in [1.29, 1.82) is 0 Å². The third kappa shape index (κ3) is 4.56. The van der Waals surface area contributed by atoms with Crippen LogP contribution in [0.2, 0.25) is 5.02 Å². The van der Waals surface area contributed by atoms with Crippen LogP contribution in [0.4, 0.5) is 5.69 Å². The Labute approximate surface area is 185 Å². The summed E-state index contributed by atoms with van der Waals surface area (Å²) in [6.45, 7) is 4.12.